The second-order valence-electron chi connectivity index (χ2n) is 25.5. The van der Waals surface area contributed by atoms with Gasteiger partial charge in [0.1, 0.15) is 85.5 Å². The Morgan fingerprint density at radius 2 is 1.19 bits per heavy atom. The SMILES string of the molecule is C[C@@H]1O[C@@H](O[C@H]2[C@H](O[C@H]3CC[C@]4(C)[C@H]5CC=C6[C@H]7[C@](C(=O)O[C@@H]8O[C@H](CO)[C@@H](O)[C@H](O)[C@H]8O)(CC[C@@H](C)[C@@]7(C)O)CC[C@@]6(C)[C@]5(C)CC[C@H]4C3(C)C)OC[C@H](O)[C@@H]2O[C@@H]2O[C@H](CO)[C@@H](O)[C@H](O)[C@H]2O)[C@H](O)[C@H](O)[C@H]1O. The molecule has 13 N–H and O–H groups in total. The third kappa shape index (κ3) is 9.12. The zero-order valence-electron chi connectivity index (χ0n) is 44.4. The van der Waals surface area contributed by atoms with Crippen molar-refractivity contribution in [3.8, 4) is 0 Å². The first-order chi connectivity index (χ1) is 35.0. The molecule has 430 valence electrons. The van der Waals surface area contributed by atoms with E-state index in [0.717, 1.165) is 24.8 Å². The number of carbonyl (C=O) groups excluding carboxylic acids is 1. The number of hydrogen-bond acceptors (Lipinski definition) is 22. The van der Waals surface area contributed by atoms with Gasteiger partial charge in [0.05, 0.1) is 43.0 Å². The van der Waals surface area contributed by atoms with Crippen LogP contribution in [0.3, 0.4) is 0 Å². The fourth-order valence-electron chi connectivity index (χ4n) is 16.4. The maximum absolute atomic E-state index is 14.8. The molecule has 4 saturated carbocycles. The molecule has 75 heavy (non-hydrogen) atoms. The minimum absolute atomic E-state index is 0.0741. The van der Waals surface area contributed by atoms with Crippen LogP contribution in [0.25, 0.3) is 0 Å². The van der Waals surface area contributed by atoms with E-state index in [4.69, 9.17) is 37.9 Å². The number of ether oxygens (including phenoxy) is 8. The average Bonchev–Trinajstić information content (AvgIpc) is 3.38. The van der Waals surface area contributed by atoms with E-state index < -0.39 is 170 Å². The molecule has 8 fully saturated rings. The van der Waals surface area contributed by atoms with E-state index in [1.165, 1.54) is 6.92 Å². The predicted octanol–water partition coefficient (Wildman–Crippen LogP) is -1.40. The summed E-state index contributed by atoms with van der Waals surface area (Å²) >= 11 is 0. The molecule has 9 rings (SSSR count). The van der Waals surface area contributed by atoms with Crippen molar-refractivity contribution in [2.75, 3.05) is 19.8 Å². The molecule has 0 spiro atoms. The number of aliphatic hydroxyl groups is 13. The van der Waals surface area contributed by atoms with Crippen LogP contribution in [0.4, 0.5) is 0 Å². The van der Waals surface area contributed by atoms with Crippen LogP contribution in [0.1, 0.15) is 113 Å². The monoisotopic (exact) mass is 1070 g/mol. The first-order valence-electron chi connectivity index (χ1n) is 27.3. The number of hydrogen-bond donors (Lipinski definition) is 13. The number of allylic oxidation sites excluding steroid dienone is 1. The molecule has 5 aliphatic carbocycles. The molecule has 0 unspecified atom stereocenters. The summed E-state index contributed by atoms with van der Waals surface area (Å²) in [6, 6.07) is 0. The molecule has 0 aromatic carbocycles. The molecule has 0 bridgehead atoms. The molecule has 22 heteroatoms. The summed E-state index contributed by atoms with van der Waals surface area (Å²) in [5.74, 6) is -1.31. The highest BCUT2D eigenvalue weighted by Gasteiger charge is 2.72. The van der Waals surface area contributed by atoms with Gasteiger partial charge in [-0.3, -0.25) is 4.79 Å². The van der Waals surface area contributed by atoms with E-state index in [0.29, 0.717) is 38.5 Å². The summed E-state index contributed by atoms with van der Waals surface area (Å²) in [6.07, 6.45) is -22.6. The van der Waals surface area contributed by atoms with E-state index >= 15 is 0 Å². The second-order valence-corrected chi connectivity index (χ2v) is 25.5. The lowest BCUT2D eigenvalue weighted by Gasteiger charge is -2.72. The molecule has 0 aromatic heterocycles. The van der Waals surface area contributed by atoms with Gasteiger partial charge in [-0.25, -0.2) is 0 Å². The van der Waals surface area contributed by atoms with Crippen molar-refractivity contribution in [1.82, 2.24) is 0 Å². The van der Waals surface area contributed by atoms with E-state index in [9.17, 15) is 71.2 Å². The fraction of sp³-hybridized carbons (Fsp3) is 0.943. The summed E-state index contributed by atoms with van der Waals surface area (Å²) in [5.41, 5.74) is -3.15. The fourth-order valence-corrected chi connectivity index (χ4v) is 16.4. The van der Waals surface area contributed by atoms with Crippen molar-refractivity contribution in [3.05, 3.63) is 11.6 Å². The van der Waals surface area contributed by atoms with Crippen molar-refractivity contribution >= 4 is 5.97 Å². The highest BCUT2D eigenvalue weighted by molar-refractivity contribution is 5.79. The van der Waals surface area contributed by atoms with Gasteiger partial charge in [0.2, 0.25) is 6.29 Å². The van der Waals surface area contributed by atoms with Gasteiger partial charge < -0.3 is 104 Å². The lowest BCUT2D eigenvalue weighted by molar-refractivity contribution is -0.388. The number of rotatable bonds is 10. The Balaban J connectivity index is 0.986. The quantitative estimate of drug-likeness (QED) is 0.0680. The Kier molecular flexibility index (Phi) is 16.1. The summed E-state index contributed by atoms with van der Waals surface area (Å²) in [6.45, 7) is 14.8. The van der Waals surface area contributed by atoms with Gasteiger partial charge in [-0.2, -0.15) is 0 Å². The van der Waals surface area contributed by atoms with Gasteiger partial charge in [-0.15, -0.1) is 0 Å². The van der Waals surface area contributed by atoms with Crippen molar-refractivity contribution in [2.24, 2.45) is 50.7 Å². The second kappa shape index (κ2) is 20.7. The number of esters is 1. The zero-order chi connectivity index (χ0) is 54.9. The molecule has 4 saturated heterocycles. The molecule has 4 aliphatic heterocycles. The topological polar surface area (TPSA) is 354 Å². The maximum atomic E-state index is 14.8. The first kappa shape index (κ1) is 58.1. The molecule has 4 heterocycles. The summed E-state index contributed by atoms with van der Waals surface area (Å²) in [5, 5.41) is 140. The Hall–Kier alpha value is -1.59. The Morgan fingerprint density at radius 3 is 1.81 bits per heavy atom. The van der Waals surface area contributed by atoms with E-state index in [1.807, 2.05) is 6.92 Å². The lowest BCUT2D eigenvalue weighted by atomic mass is 9.33. The van der Waals surface area contributed by atoms with Crippen LogP contribution in [-0.2, 0) is 42.7 Å². The molecule has 0 aromatic rings. The van der Waals surface area contributed by atoms with Gasteiger partial charge in [-0.1, -0.05) is 53.2 Å². The minimum Gasteiger partial charge on any atom is -0.432 e. The van der Waals surface area contributed by atoms with Crippen LogP contribution in [0, 0.1) is 50.7 Å². The van der Waals surface area contributed by atoms with Crippen LogP contribution in [0.15, 0.2) is 11.6 Å². The number of aliphatic hydroxyl groups excluding tert-OH is 12. The maximum Gasteiger partial charge on any atom is 0.315 e. The molecular formula is C53H86O22. The number of carbonyl (C=O) groups is 1. The molecule has 9 aliphatic rings. The van der Waals surface area contributed by atoms with Crippen molar-refractivity contribution in [1.29, 1.82) is 0 Å². The van der Waals surface area contributed by atoms with Crippen molar-refractivity contribution < 1.29 is 109 Å². The lowest BCUT2D eigenvalue weighted by Crippen LogP contribution is -2.68. The highest BCUT2D eigenvalue weighted by atomic mass is 16.8. The third-order valence-corrected chi connectivity index (χ3v) is 21.4. The van der Waals surface area contributed by atoms with Gasteiger partial charge in [0, 0.05) is 5.92 Å². The molecular weight excluding hydrogens is 989 g/mol. The van der Waals surface area contributed by atoms with Crippen molar-refractivity contribution in [2.45, 2.75) is 242 Å². The van der Waals surface area contributed by atoms with Crippen LogP contribution < -0.4 is 0 Å². The molecule has 0 amide bonds. The molecule has 29 atom stereocenters. The van der Waals surface area contributed by atoms with E-state index in [2.05, 4.69) is 40.7 Å². The predicted molar refractivity (Wildman–Crippen MR) is 257 cm³/mol. The molecule has 22 nitrogen and oxygen atoms in total. The van der Waals surface area contributed by atoms with Gasteiger partial charge in [0.15, 0.2) is 18.9 Å². The Morgan fingerprint density at radius 1 is 0.613 bits per heavy atom. The third-order valence-electron chi connectivity index (χ3n) is 21.4. The largest absolute Gasteiger partial charge is 0.432 e. The van der Waals surface area contributed by atoms with Crippen LogP contribution in [0.2, 0.25) is 0 Å². The Bertz CT molecular complexity index is 2070. The molecule has 0 radical (unpaired) electrons. The Labute approximate surface area is 437 Å². The smallest absolute Gasteiger partial charge is 0.315 e. The van der Waals surface area contributed by atoms with E-state index in [-0.39, 0.29) is 35.2 Å². The van der Waals surface area contributed by atoms with Crippen LogP contribution in [0.5, 0.6) is 0 Å². The average molecular weight is 1080 g/mol. The van der Waals surface area contributed by atoms with Gasteiger partial charge in [0.25, 0.3) is 0 Å². The van der Waals surface area contributed by atoms with Crippen LogP contribution in [-0.4, -0.2) is 221 Å². The standard InChI is InChI=1S/C53H86O22/c1-22-11-16-53(47(66)75-45-39(65)36(62)33(59)27(20-55)71-45)18-17-50(6)24(42(53)52(22,8)67)9-10-29-49(5)14-13-30(48(3,4)28(49)12-15-51(29,50)7)72-46-41(74-43-37(63)34(60)31(57)23(2)69-43)40(25(56)21-68-46)73-44-38(64)35(61)32(58)26(19-54)70-44/h9,22-23,25-46,54-65,67H,10-21H2,1-8H3/t22-,23+,25+,26-,27-,28+,29-,30+,31+,32-,33-,34-,35+,36+,37-,38-,39-,40+,41-,42-,43+,44+,45+,46+,49+,50-,51-,52-,53+/m1/s1. The van der Waals surface area contributed by atoms with Crippen molar-refractivity contribution in [3.63, 3.8) is 0 Å². The summed E-state index contributed by atoms with van der Waals surface area (Å²) in [4.78, 5) is 14.8. The normalized spacial score (nSPS) is 55.8. The van der Waals surface area contributed by atoms with Gasteiger partial charge >= 0.3 is 5.97 Å². The van der Waals surface area contributed by atoms with Crippen LogP contribution >= 0.6 is 0 Å². The highest BCUT2D eigenvalue weighted by Crippen LogP contribution is 2.76. The first-order valence-corrected chi connectivity index (χ1v) is 27.3. The summed E-state index contributed by atoms with van der Waals surface area (Å²) < 4.78 is 48.8. The zero-order valence-corrected chi connectivity index (χ0v) is 44.4. The van der Waals surface area contributed by atoms with E-state index in [1.54, 1.807) is 6.92 Å². The number of fused-ring (bicyclic) bond motifs is 7. The van der Waals surface area contributed by atoms with Gasteiger partial charge in [-0.05, 0) is 111 Å². The minimum atomic E-state index is -1.84. The summed E-state index contributed by atoms with van der Waals surface area (Å²) in [7, 11) is 0.